The number of carbonyl (C=O) groups excluding carboxylic acids is 1. The number of nitrogens with one attached hydrogen (secondary N) is 2. The fourth-order valence-electron chi connectivity index (χ4n) is 1.80. The minimum Gasteiger partial charge on any atom is -0.326 e. The van der Waals surface area contributed by atoms with Gasteiger partial charge < -0.3 is 15.5 Å². The zero-order chi connectivity index (χ0) is 15.0. The molecule has 0 bridgehead atoms. The van der Waals surface area contributed by atoms with Gasteiger partial charge >= 0.3 is 0 Å². The second-order valence-corrected chi connectivity index (χ2v) is 5.63. The third-order valence-corrected chi connectivity index (χ3v) is 3.13. The van der Waals surface area contributed by atoms with E-state index in [9.17, 15) is 4.79 Å². The Morgan fingerprint density at radius 1 is 1.15 bits per heavy atom. The van der Waals surface area contributed by atoms with Crippen molar-refractivity contribution in [2.24, 2.45) is 0 Å². The number of carbonyl (C=O) groups is 1. The van der Waals surface area contributed by atoms with Crippen LogP contribution in [0.5, 0.6) is 0 Å². The van der Waals surface area contributed by atoms with Gasteiger partial charge in [0.05, 0.1) is 0 Å². The molecule has 1 aromatic rings. The highest BCUT2D eigenvalue weighted by atomic mass is 16.1. The standard InChI is InChI=1S/C16H27N3O/c1-13(2)14-5-7-15(8-6-14)18-16(20)9-10-17-11-12-19(3)4/h5-8,13,17H,9-12H2,1-4H3,(H,18,20). The van der Waals surface area contributed by atoms with Crippen LogP contribution in [0.3, 0.4) is 0 Å². The fraction of sp³-hybridized carbons (Fsp3) is 0.562. The molecule has 20 heavy (non-hydrogen) atoms. The van der Waals surface area contributed by atoms with Crippen LogP contribution in [0, 0.1) is 0 Å². The molecule has 0 saturated carbocycles. The minimum absolute atomic E-state index is 0.0552. The SMILES string of the molecule is CC(C)c1ccc(NC(=O)CCNCCN(C)C)cc1. The van der Waals surface area contributed by atoms with Crippen molar-refractivity contribution in [2.45, 2.75) is 26.2 Å². The molecule has 0 saturated heterocycles. The van der Waals surface area contributed by atoms with Gasteiger partial charge in [-0.1, -0.05) is 26.0 Å². The molecule has 0 aromatic heterocycles. The average Bonchev–Trinajstić information content (AvgIpc) is 2.38. The first kappa shape index (κ1) is 16.7. The highest BCUT2D eigenvalue weighted by molar-refractivity contribution is 5.90. The zero-order valence-corrected chi connectivity index (χ0v) is 13.1. The van der Waals surface area contributed by atoms with Gasteiger partial charge in [0.2, 0.25) is 5.91 Å². The van der Waals surface area contributed by atoms with Crippen LogP contribution in [0.25, 0.3) is 0 Å². The highest BCUT2D eigenvalue weighted by Gasteiger charge is 2.03. The van der Waals surface area contributed by atoms with E-state index in [0.29, 0.717) is 18.9 Å². The van der Waals surface area contributed by atoms with Gasteiger partial charge in [0.25, 0.3) is 0 Å². The molecule has 1 aromatic carbocycles. The molecule has 0 fully saturated rings. The first-order chi connectivity index (χ1) is 9.49. The number of likely N-dealkylation sites (N-methyl/N-ethyl adjacent to an activating group) is 1. The van der Waals surface area contributed by atoms with Crippen LogP contribution in [0.15, 0.2) is 24.3 Å². The van der Waals surface area contributed by atoms with Crippen molar-refractivity contribution in [2.75, 3.05) is 39.0 Å². The molecule has 0 atom stereocenters. The molecule has 0 radical (unpaired) electrons. The number of benzene rings is 1. The lowest BCUT2D eigenvalue weighted by atomic mass is 10.0. The lowest BCUT2D eigenvalue weighted by Crippen LogP contribution is -2.29. The maximum atomic E-state index is 11.8. The van der Waals surface area contributed by atoms with E-state index in [0.717, 1.165) is 18.8 Å². The Hall–Kier alpha value is -1.39. The number of hydrogen-bond donors (Lipinski definition) is 2. The molecule has 0 heterocycles. The van der Waals surface area contributed by atoms with E-state index in [1.54, 1.807) is 0 Å². The predicted molar refractivity (Wildman–Crippen MR) is 85.2 cm³/mol. The summed E-state index contributed by atoms with van der Waals surface area (Å²) in [7, 11) is 4.07. The largest absolute Gasteiger partial charge is 0.326 e. The second kappa shape index (κ2) is 8.72. The lowest BCUT2D eigenvalue weighted by molar-refractivity contribution is -0.116. The number of rotatable bonds is 8. The Bertz CT molecular complexity index is 399. The summed E-state index contributed by atoms with van der Waals surface area (Å²) in [6, 6.07) is 8.06. The monoisotopic (exact) mass is 277 g/mol. The van der Waals surface area contributed by atoms with Crippen LogP contribution >= 0.6 is 0 Å². The summed E-state index contributed by atoms with van der Waals surface area (Å²) in [5.41, 5.74) is 2.15. The quantitative estimate of drug-likeness (QED) is 0.717. The van der Waals surface area contributed by atoms with Crippen LogP contribution < -0.4 is 10.6 Å². The molecule has 4 nitrogen and oxygen atoms in total. The molecule has 0 aliphatic carbocycles. The Kier molecular flexibility index (Phi) is 7.26. The van der Waals surface area contributed by atoms with Crippen molar-refractivity contribution < 1.29 is 4.79 Å². The Morgan fingerprint density at radius 3 is 2.35 bits per heavy atom. The van der Waals surface area contributed by atoms with E-state index >= 15 is 0 Å². The molecule has 112 valence electrons. The van der Waals surface area contributed by atoms with E-state index in [-0.39, 0.29) is 5.91 Å². The van der Waals surface area contributed by atoms with Crippen molar-refractivity contribution in [1.29, 1.82) is 0 Å². The van der Waals surface area contributed by atoms with E-state index < -0.39 is 0 Å². The number of nitrogens with zero attached hydrogens (tertiary/aromatic N) is 1. The number of anilines is 1. The lowest BCUT2D eigenvalue weighted by Gasteiger charge is -2.11. The zero-order valence-electron chi connectivity index (χ0n) is 13.1. The summed E-state index contributed by atoms with van der Waals surface area (Å²) in [6.45, 7) is 6.92. The summed E-state index contributed by atoms with van der Waals surface area (Å²) in [6.07, 6.45) is 0.499. The van der Waals surface area contributed by atoms with E-state index in [1.807, 2.05) is 26.2 Å². The van der Waals surface area contributed by atoms with Gasteiger partial charge in [-0.15, -0.1) is 0 Å². The second-order valence-electron chi connectivity index (χ2n) is 5.63. The van der Waals surface area contributed by atoms with Gasteiger partial charge in [0.15, 0.2) is 0 Å². The topological polar surface area (TPSA) is 44.4 Å². The van der Waals surface area contributed by atoms with Crippen molar-refractivity contribution in [1.82, 2.24) is 10.2 Å². The molecule has 1 rings (SSSR count). The summed E-state index contributed by atoms with van der Waals surface area (Å²) >= 11 is 0. The molecule has 4 heteroatoms. The van der Waals surface area contributed by atoms with Crippen LogP contribution in [-0.4, -0.2) is 44.5 Å². The first-order valence-electron chi connectivity index (χ1n) is 7.24. The van der Waals surface area contributed by atoms with Crippen molar-refractivity contribution in [3.8, 4) is 0 Å². The maximum absolute atomic E-state index is 11.8. The summed E-state index contributed by atoms with van der Waals surface area (Å²) in [5.74, 6) is 0.570. The Labute approximate surface area is 122 Å². The first-order valence-corrected chi connectivity index (χ1v) is 7.24. The summed E-state index contributed by atoms with van der Waals surface area (Å²) in [4.78, 5) is 13.9. The maximum Gasteiger partial charge on any atom is 0.225 e. The molecule has 0 unspecified atom stereocenters. The normalized spacial score (nSPS) is 11.1. The smallest absolute Gasteiger partial charge is 0.225 e. The van der Waals surface area contributed by atoms with Crippen LogP contribution in [0.4, 0.5) is 5.69 Å². The number of amides is 1. The van der Waals surface area contributed by atoms with Gasteiger partial charge in [-0.3, -0.25) is 4.79 Å². The highest BCUT2D eigenvalue weighted by Crippen LogP contribution is 2.17. The Balaban J connectivity index is 2.25. The third kappa shape index (κ3) is 6.68. The van der Waals surface area contributed by atoms with Crippen LogP contribution in [0.1, 0.15) is 31.7 Å². The van der Waals surface area contributed by atoms with Gasteiger partial charge in [-0.2, -0.15) is 0 Å². The molecular weight excluding hydrogens is 250 g/mol. The van der Waals surface area contributed by atoms with Crippen LogP contribution in [0.2, 0.25) is 0 Å². The molecule has 0 spiro atoms. The predicted octanol–water partition coefficient (Wildman–Crippen LogP) is 2.29. The van der Waals surface area contributed by atoms with E-state index in [4.69, 9.17) is 0 Å². The molecule has 0 aliphatic heterocycles. The Morgan fingerprint density at radius 2 is 1.80 bits per heavy atom. The minimum atomic E-state index is 0.0552. The van der Waals surface area contributed by atoms with Gasteiger partial charge in [-0.25, -0.2) is 0 Å². The van der Waals surface area contributed by atoms with Gasteiger partial charge in [0.1, 0.15) is 0 Å². The van der Waals surface area contributed by atoms with E-state index in [1.165, 1.54) is 5.56 Å². The number of hydrogen-bond acceptors (Lipinski definition) is 3. The van der Waals surface area contributed by atoms with Gasteiger partial charge in [-0.05, 0) is 37.7 Å². The van der Waals surface area contributed by atoms with Crippen molar-refractivity contribution in [3.05, 3.63) is 29.8 Å². The molecule has 0 aliphatic rings. The molecular formula is C16H27N3O. The van der Waals surface area contributed by atoms with E-state index in [2.05, 4.69) is 41.5 Å². The fourth-order valence-corrected chi connectivity index (χ4v) is 1.80. The van der Waals surface area contributed by atoms with Gasteiger partial charge in [0, 0.05) is 31.7 Å². The molecule has 1 amide bonds. The van der Waals surface area contributed by atoms with Crippen molar-refractivity contribution in [3.63, 3.8) is 0 Å². The average molecular weight is 277 g/mol. The summed E-state index contributed by atoms with van der Waals surface area (Å²) in [5, 5.41) is 6.17. The van der Waals surface area contributed by atoms with Crippen LogP contribution in [-0.2, 0) is 4.79 Å². The third-order valence-electron chi connectivity index (χ3n) is 3.13. The van der Waals surface area contributed by atoms with Crippen molar-refractivity contribution >= 4 is 11.6 Å². The molecule has 2 N–H and O–H groups in total. The summed E-state index contributed by atoms with van der Waals surface area (Å²) < 4.78 is 0.